The fraction of sp³-hybridized carbons (Fsp3) is 0.476. The molecule has 2 heteroatoms. The van der Waals surface area contributed by atoms with Crippen LogP contribution in [0.4, 0.5) is 0 Å². The summed E-state index contributed by atoms with van der Waals surface area (Å²) in [4.78, 5) is 12.3. The Kier molecular flexibility index (Phi) is 4.32. The highest BCUT2D eigenvalue weighted by Crippen LogP contribution is 2.47. The molecule has 0 bridgehead atoms. The Bertz CT molecular complexity index is 637. The molecule has 0 spiro atoms. The van der Waals surface area contributed by atoms with E-state index in [2.05, 4.69) is 55.4 Å². The predicted molar refractivity (Wildman–Crippen MR) is 95.7 cm³/mol. The minimum absolute atomic E-state index is 0.0829. The first-order chi connectivity index (χ1) is 10.4. The lowest BCUT2D eigenvalue weighted by Crippen LogP contribution is -2.25. The molecular formula is C21H28O2. The summed E-state index contributed by atoms with van der Waals surface area (Å²) in [7, 11) is 0. The van der Waals surface area contributed by atoms with Crippen molar-refractivity contribution in [1.29, 1.82) is 0 Å². The predicted octanol–water partition coefficient (Wildman–Crippen LogP) is 5.65. The topological polar surface area (TPSA) is 26.3 Å². The Morgan fingerprint density at radius 2 is 1.13 bits per heavy atom. The van der Waals surface area contributed by atoms with Gasteiger partial charge in [-0.2, -0.15) is 0 Å². The summed E-state index contributed by atoms with van der Waals surface area (Å²) in [5.74, 6) is 0.0829. The molecule has 0 aromatic heterocycles. The van der Waals surface area contributed by atoms with Crippen LogP contribution in [-0.4, -0.2) is 5.78 Å². The van der Waals surface area contributed by atoms with Crippen LogP contribution in [0.25, 0.3) is 0 Å². The van der Waals surface area contributed by atoms with Gasteiger partial charge >= 0.3 is 0 Å². The molecule has 0 saturated heterocycles. The van der Waals surface area contributed by atoms with Gasteiger partial charge in [0.1, 0.15) is 0 Å². The molecule has 2 aliphatic rings. The van der Waals surface area contributed by atoms with Crippen molar-refractivity contribution in [3.05, 3.63) is 58.1 Å². The van der Waals surface area contributed by atoms with E-state index < -0.39 is 0 Å². The van der Waals surface area contributed by atoms with E-state index in [-0.39, 0.29) is 16.6 Å². The Labute approximate surface area is 140 Å². The third kappa shape index (κ3) is 3.41. The molecule has 1 aliphatic heterocycles. The molecular weight excluding hydrogens is 284 g/mol. The Morgan fingerprint density at radius 1 is 0.739 bits per heavy atom. The summed E-state index contributed by atoms with van der Waals surface area (Å²) in [6.07, 6.45) is 7.17. The molecule has 0 fully saturated rings. The summed E-state index contributed by atoms with van der Waals surface area (Å²) >= 11 is 0. The number of rotatable bonds is 0. The second-order valence-corrected chi connectivity index (χ2v) is 8.51. The molecule has 124 valence electrons. The van der Waals surface area contributed by atoms with Crippen molar-refractivity contribution in [3.8, 4) is 0 Å². The fourth-order valence-corrected chi connectivity index (χ4v) is 3.13. The van der Waals surface area contributed by atoms with Crippen molar-refractivity contribution in [3.63, 3.8) is 0 Å². The number of carbonyl (C=O) groups excluding carboxylic acids is 1. The molecule has 0 saturated carbocycles. The summed E-state index contributed by atoms with van der Waals surface area (Å²) in [5.41, 5.74) is 6.56. The van der Waals surface area contributed by atoms with Gasteiger partial charge in [-0.15, -0.1) is 0 Å². The molecule has 0 radical (unpaired) electrons. The van der Waals surface area contributed by atoms with Crippen LogP contribution < -0.4 is 0 Å². The van der Waals surface area contributed by atoms with Crippen LogP contribution >= 0.6 is 0 Å². The van der Waals surface area contributed by atoms with Crippen LogP contribution in [0, 0.1) is 10.8 Å². The first-order valence-electron chi connectivity index (χ1n) is 8.16. The van der Waals surface area contributed by atoms with Crippen molar-refractivity contribution < 1.29 is 9.53 Å². The lowest BCUT2D eigenvalue weighted by atomic mass is 9.67. The summed E-state index contributed by atoms with van der Waals surface area (Å²) in [5, 5.41) is 0. The van der Waals surface area contributed by atoms with Gasteiger partial charge in [0.2, 0.25) is 0 Å². The quantitative estimate of drug-likeness (QED) is 0.578. The first-order valence-corrected chi connectivity index (χ1v) is 8.16. The molecule has 0 aromatic rings. The summed E-state index contributed by atoms with van der Waals surface area (Å²) in [6.45, 7) is 17.1. The van der Waals surface area contributed by atoms with Gasteiger partial charge in [-0.3, -0.25) is 4.79 Å². The largest absolute Gasteiger partial charge is 0.472 e. The molecule has 0 aromatic carbocycles. The lowest BCUT2D eigenvalue weighted by Gasteiger charge is -2.37. The Morgan fingerprint density at radius 3 is 1.48 bits per heavy atom. The lowest BCUT2D eigenvalue weighted by molar-refractivity contribution is -0.110. The summed E-state index contributed by atoms with van der Waals surface area (Å²) in [6, 6.07) is 0. The van der Waals surface area contributed by atoms with Crippen molar-refractivity contribution in [2.24, 2.45) is 10.8 Å². The van der Waals surface area contributed by atoms with E-state index in [0.717, 1.165) is 22.3 Å². The first kappa shape index (κ1) is 17.5. The molecule has 1 aliphatic carbocycles. The number of hydrogen-bond donors (Lipinski definition) is 0. The maximum Gasteiger partial charge on any atom is 0.179 e. The maximum absolute atomic E-state index is 12.3. The SMILES string of the molecule is CC1=COC=C(C)C1=C1C(C(C)(C)C)=CC(=O)C=C1C(C)(C)C. The van der Waals surface area contributed by atoms with Crippen molar-refractivity contribution in [2.75, 3.05) is 0 Å². The normalized spacial score (nSPS) is 19.7. The highest BCUT2D eigenvalue weighted by Gasteiger charge is 2.35. The van der Waals surface area contributed by atoms with Crippen LogP contribution in [0.5, 0.6) is 0 Å². The second-order valence-electron chi connectivity index (χ2n) is 8.51. The molecule has 0 atom stereocenters. The van der Waals surface area contributed by atoms with Gasteiger partial charge in [0.05, 0.1) is 12.5 Å². The van der Waals surface area contributed by atoms with Crippen molar-refractivity contribution in [1.82, 2.24) is 0 Å². The molecule has 2 rings (SSSR count). The third-order valence-electron chi connectivity index (χ3n) is 4.26. The van der Waals surface area contributed by atoms with Crippen molar-refractivity contribution in [2.45, 2.75) is 55.4 Å². The van der Waals surface area contributed by atoms with Gasteiger partial charge in [0.25, 0.3) is 0 Å². The molecule has 23 heavy (non-hydrogen) atoms. The average Bonchev–Trinajstić information content (AvgIpc) is 2.37. The van der Waals surface area contributed by atoms with Gasteiger partial charge in [-0.25, -0.2) is 0 Å². The Balaban J connectivity index is 2.86. The Hall–Kier alpha value is -1.83. The van der Waals surface area contributed by atoms with E-state index in [1.807, 2.05) is 0 Å². The van der Waals surface area contributed by atoms with E-state index in [9.17, 15) is 4.79 Å². The zero-order valence-corrected chi connectivity index (χ0v) is 15.6. The van der Waals surface area contributed by atoms with E-state index in [1.165, 1.54) is 11.1 Å². The molecule has 1 heterocycles. The van der Waals surface area contributed by atoms with Gasteiger partial charge < -0.3 is 4.74 Å². The second kappa shape index (κ2) is 5.67. The molecule has 0 unspecified atom stereocenters. The standard InChI is InChI=1S/C21H28O2/c1-13-11-23-12-14(2)18(13)19-16(20(3,4)5)9-15(22)10-17(19)21(6,7)8/h9-12H,1-8H3. The van der Waals surface area contributed by atoms with Crippen LogP contribution in [-0.2, 0) is 9.53 Å². The number of hydrogen-bond acceptors (Lipinski definition) is 2. The third-order valence-corrected chi connectivity index (χ3v) is 4.26. The van der Waals surface area contributed by atoms with E-state index >= 15 is 0 Å². The van der Waals surface area contributed by atoms with Gasteiger partial charge in [0, 0.05) is 0 Å². The van der Waals surface area contributed by atoms with Gasteiger partial charge in [-0.05, 0) is 70.3 Å². The van der Waals surface area contributed by atoms with E-state index in [1.54, 1.807) is 24.7 Å². The number of allylic oxidation sites excluding steroid dienone is 8. The number of ether oxygens (including phenoxy) is 1. The minimum atomic E-state index is -0.110. The molecule has 0 N–H and O–H groups in total. The minimum Gasteiger partial charge on any atom is -0.472 e. The zero-order chi connectivity index (χ0) is 17.6. The summed E-state index contributed by atoms with van der Waals surface area (Å²) < 4.78 is 5.41. The number of carbonyl (C=O) groups is 1. The van der Waals surface area contributed by atoms with Crippen LogP contribution in [0.2, 0.25) is 0 Å². The highest BCUT2D eigenvalue weighted by molar-refractivity contribution is 6.04. The van der Waals surface area contributed by atoms with E-state index in [4.69, 9.17) is 4.74 Å². The number of ketones is 1. The zero-order valence-electron chi connectivity index (χ0n) is 15.6. The van der Waals surface area contributed by atoms with Crippen LogP contribution in [0.3, 0.4) is 0 Å². The van der Waals surface area contributed by atoms with Crippen LogP contribution in [0.1, 0.15) is 55.4 Å². The monoisotopic (exact) mass is 312 g/mol. The smallest absolute Gasteiger partial charge is 0.179 e. The highest BCUT2D eigenvalue weighted by atomic mass is 16.5. The average molecular weight is 312 g/mol. The maximum atomic E-state index is 12.3. The van der Waals surface area contributed by atoms with Crippen LogP contribution in [0.15, 0.2) is 58.1 Å². The van der Waals surface area contributed by atoms with Gasteiger partial charge in [0.15, 0.2) is 5.78 Å². The fourth-order valence-electron chi connectivity index (χ4n) is 3.13. The van der Waals surface area contributed by atoms with Gasteiger partial charge in [-0.1, -0.05) is 41.5 Å². The van der Waals surface area contributed by atoms with Crippen molar-refractivity contribution >= 4 is 5.78 Å². The molecule has 2 nitrogen and oxygen atoms in total. The van der Waals surface area contributed by atoms with E-state index in [0.29, 0.717) is 0 Å². The molecule has 0 amide bonds.